The molecule has 0 spiro atoms. The number of rotatable bonds is 7. The van der Waals surface area contributed by atoms with Crippen molar-refractivity contribution in [2.75, 3.05) is 0 Å². The van der Waals surface area contributed by atoms with E-state index >= 15 is 0 Å². The van der Waals surface area contributed by atoms with Crippen LogP contribution < -0.4 is 0 Å². The molecular formula is C34H29F3O6Ti. The Bertz CT molecular complexity index is 1520. The molecule has 0 fully saturated rings. The Morgan fingerprint density at radius 3 is 1.43 bits per heavy atom. The fourth-order valence-corrected chi connectivity index (χ4v) is 10.9. The van der Waals surface area contributed by atoms with E-state index in [1.54, 1.807) is 0 Å². The molecule has 0 heterocycles. The van der Waals surface area contributed by atoms with Crippen LogP contribution in [0.5, 0.6) is 0 Å². The number of fused-ring (bicyclic) bond motifs is 1. The molecule has 6 nitrogen and oxygen atoms in total. The second-order valence-electron chi connectivity index (χ2n) is 11.2. The summed E-state index contributed by atoms with van der Waals surface area (Å²) < 4.78 is 58.8. The van der Waals surface area contributed by atoms with Crippen LogP contribution in [0.25, 0.3) is 0 Å². The predicted octanol–water partition coefficient (Wildman–Crippen LogP) is 8.42. The van der Waals surface area contributed by atoms with Gasteiger partial charge in [-0.05, 0) is 0 Å². The number of allylic oxidation sites excluding steroid dienone is 4. The van der Waals surface area contributed by atoms with Crippen LogP contribution in [-0.4, -0.2) is 17.9 Å². The van der Waals surface area contributed by atoms with Gasteiger partial charge in [-0.1, -0.05) is 0 Å². The van der Waals surface area contributed by atoms with E-state index < -0.39 is 57.3 Å². The van der Waals surface area contributed by atoms with Crippen LogP contribution in [0.1, 0.15) is 82.4 Å². The first-order valence-electron chi connectivity index (χ1n) is 14.6. The van der Waals surface area contributed by atoms with Gasteiger partial charge in [-0.3, -0.25) is 0 Å². The first-order chi connectivity index (χ1) is 21.2. The van der Waals surface area contributed by atoms with Gasteiger partial charge in [-0.2, -0.15) is 0 Å². The summed E-state index contributed by atoms with van der Waals surface area (Å²) in [4.78, 5) is 41.0. The standard InChI is InChI=1S/C13H17.3C7H5FO2.Ti/c1-3-7-12-10(5-1)9-11-6-2-4-8-13(11)12;3*8-6-3-1-5(2-4-6)7(9)10;/h5H,1-4,6-9H2;3*1-4H,(H,9,10);/q;;;;+3/p-3. The van der Waals surface area contributed by atoms with Gasteiger partial charge in [0.2, 0.25) is 0 Å². The summed E-state index contributed by atoms with van der Waals surface area (Å²) in [7, 11) is 0. The van der Waals surface area contributed by atoms with Gasteiger partial charge in [0.15, 0.2) is 0 Å². The van der Waals surface area contributed by atoms with E-state index in [-0.39, 0.29) is 16.7 Å². The second kappa shape index (κ2) is 12.6. The van der Waals surface area contributed by atoms with E-state index in [4.69, 9.17) is 9.96 Å². The Labute approximate surface area is 257 Å². The van der Waals surface area contributed by atoms with E-state index in [1.165, 1.54) is 47.5 Å². The molecule has 3 aromatic carbocycles. The van der Waals surface area contributed by atoms with Gasteiger partial charge in [0.25, 0.3) is 0 Å². The molecule has 1 unspecified atom stereocenters. The van der Waals surface area contributed by atoms with Crippen molar-refractivity contribution in [3.05, 3.63) is 129 Å². The molecule has 3 aliphatic carbocycles. The molecule has 3 aliphatic rings. The summed E-state index contributed by atoms with van der Waals surface area (Å²) in [5.41, 5.74) is 4.65. The number of carbonyl (C=O) groups is 3. The van der Waals surface area contributed by atoms with Gasteiger partial charge in [-0.15, -0.1) is 0 Å². The zero-order valence-electron chi connectivity index (χ0n) is 23.7. The van der Waals surface area contributed by atoms with Crippen molar-refractivity contribution in [2.45, 2.75) is 55.6 Å². The molecule has 0 bridgehead atoms. The van der Waals surface area contributed by atoms with Gasteiger partial charge in [0.05, 0.1) is 0 Å². The number of benzene rings is 3. The van der Waals surface area contributed by atoms with Gasteiger partial charge >= 0.3 is 258 Å². The topological polar surface area (TPSA) is 78.9 Å². The molecule has 10 heteroatoms. The van der Waals surface area contributed by atoms with E-state index in [0.717, 1.165) is 79.6 Å². The second-order valence-corrected chi connectivity index (χ2v) is 15.1. The summed E-state index contributed by atoms with van der Waals surface area (Å²) in [5.74, 6) is -4.51. The Hall–Kier alpha value is -3.95. The van der Waals surface area contributed by atoms with Gasteiger partial charge in [0.1, 0.15) is 0 Å². The fourth-order valence-electron chi connectivity index (χ4n) is 6.35. The average Bonchev–Trinajstić information content (AvgIpc) is 3.41. The van der Waals surface area contributed by atoms with Crippen LogP contribution >= 0.6 is 0 Å². The molecule has 0 radical (unpaired) electrons. The van der Waals surface area contributed by atoms with Crippen molar-refractivity contribution in [3.8, 4) is 0 Å². The normalized spacial score (nSPS) is 17.9. The molecule has 3 aromatic rings. The van der Waals surface area contributed by atoms with Gasteiger partial charge < -0.3 is 0 Å². The Balaban J connectivity index is 1.46. The van der Waals surface area contributed by atoms with E-state index in [9.17, 15) is 27.6 Å². The maximum absolute atomic E-state index is 13.7. The first-order valence-corrected chi connectivity index (χ1v) is 17.4. The molecule has 0 saturated carbocycles. The van der Waals surface area contributed by atoms with Crippen LogP contribution in [0.2, 0.25) is 4.22 Å². The van der Waals surface area contributed by atoms with Crippen molar-refractivity contribution in [1.82, 2.24) is 0 Å². The summed E-state index contributed by atoms with van der Waals surface area (Å²) in [6, 6.07) is 14.0. The minimum absolute atomic E-state index is 0.0223. The van der Waals surface area contributed by atoms with Crippen LogP contribution in [0.3, 0.4) is 0 Å². The van der Waals surface area contributed by atoms with Crippen LogP contribution in [0.15, 0.2) is 95.1 Å². The van der Waals surface area contributed by atoms with Crippen LogP contribution in [0, 0.1) is 17.5 Å². The number of halogens is 3. The van der Waals surface area contributed by atoms with E-state index in [0.29, 0.717) is 19.3 Å². The predicted molar refractivity (Wildman–Crippen MR) is 150 cm³/mol. The molecule has 0 saturated heterocycles. The molecule has 6 rings (SSSR count). The molecular weight excluding hydrogens is 609 g/mol. The molecule has 226 valence electrons. The molecule has 0 aliphatic heterocycles. The number of carbonyl (C=O) groups excluding carboxylic acids is 3. The summed E-state index contributed by atoms with van der Waals surface area (Å²) in [6.45, 7) is 0. The van der Waals surface area contributed by atoms with Crippen LogP contribution in [-0.2, 0) is 27.7 Å². The molecule has 0 N–H and O–H groups in total. The average molecular weight is 638 g/mol. The SMILES string of the molecule is O=C([O][Ti]([O]C(=O)c1ccc(F)cc1)([O]C(=O)c1ccc(F)cc1)[CH]1CCCC2=C1CC1=C2CCCC1)c1ccc(F)cc1. The van der Waals surface area contributed by atoms with Crippen molar-refractivity contribution >= 4 is 17.9 Å². The maximum atomic E-state index is 13.7. The van der Waals surface area contributed by atoms with Crippen molar-refractivity contribution in [3.63, 3.8) is 0 Å². The van der Waals surface area contributed by atoms with E-state index in [1.807, 2.05) is 0 Å². The Morgan fingerprint density at radius 2 is 0.977 bits per heavy atom. The number of hydrogen-bond donors (Lipinski definition) is 0. The fraction of sp³-hybridized carbons (Fsp3) is 0.265. The zero-order valence-corrected chi connectivity index (χ0v) is 25.3. The third kappa shape index (κ3) is 6.17. The molecule has 1 atom stereocenters. The zero-order chi connectivity index (χ0) is 30.8. The quantitative estimate of drug-likeness (QED) is 0.242. The van der Waals surface area contributed by atoms with Gasteiger partial charge in [0, 0.05) is 0 Å². The Morgan fingerprint density at radius 1 is 0.568 bits per heavy atom. The van der Waals surface area contributed by atoms with Crippen molar-refractivity contribution in [1.29, 1.82) is 0 Å². The first kappa shape index (κ1) is 30.1. The minimum atomic E-state index is -5.49. The molecule has 44 heavy (non-hydrogen) atoms. The van der Waals surface area contributed by atoms with Gasteiger partial charge in [-0.25, -0.2) is 0 Å². The van der Waals surface area contributed by atoms with Crippen molar-refractivity contribution < 1.29 is 55.3 Å². The summed E-state index contributed by atoms with van der Waals surface area (Å²) in [6.07, 6.45) is 6.54. The van der Waals surface area contributed by atoms with E-state index in [2.05, 4.69) is 0 Å². The third-order valence-corrected chi connectivity index (χ3v) is 13.0. The monoisotopic (exact) mass is 638 g/mol. The summed E-state index contributed by atoms with van der Waals surface area (Å²) in [5, 5.41) is 0. The third-order valence-electron chi connectivity index (χ3n) is 8.45. The number of hydrogen-bond acceptors (Lipinski definition) is 6. The summed E-state index contributed by atoms with van der Waals surface area (Å²) >= 11 is -5.49. The van der Waals surface area contributed by atoms with Crippen molar-refractivity contribution in [2.24, 2.45) is 0 Å². The Kier molecular flexibility index (Phi) is 8.60. The van der Waals surface area contributed by atoms with Crippen LogP contribution in [0.4, 0.5) is 13.2 Å². The molecule has 0 aromatic heterocycles. The molecule has 0 amide bonds.